The van der Waals surface area contributed by atoms with E-state index in [-0.39, 0.29) is 40.7 Å². The second kappa shape index (κ2) is 17.8. The number of anilines is 2. The van der Waals surface area contributed by atoms with Gasteiger partial charge in [0.2, 0.25) is 5.95 Å². The minimum absolute atomic E-state index is 0.00442. The molecule has 6 heterocycles. The highest BCUT2D eigenvalue weighted by Crippen LogP contribution is 2.36. The molecule has 0 aliphatic carbocycles. The summed E-state index contributed by atoms with van der Waals surface area (Å²) in [5.74, 6) is 1.71. The number of phenolic OH excluding ortho intramolecular Hbond substituents is 2. The van der Waals surface area contributed by atoms with Gasteiger partial charge in [-0.1, -0.05) is 38.1 Å². The quantitative estimate of drug-likeness (QED) is 0.177. The summed E-state index contributed by atoms with van der Waals surface area (Å²) >= 11 is 0. The van der Waals surface area contributed by atoms with Crippen LogP contribution in [0, 0.1) is 0 Å². The Morgan fingerprint density at radius 2 is 1.52 bits per heavy atom. The lowest BCUT2D eigenvalue weighted by Crippen LogP contribution is -2.45. The summed E-state index contributed by atoms with van der Waals surface area (Å²) in [7, 11) is 1.65. The smallest absolute Gasteiger partial charge is 0.258 e. The molecule has 5 aromatic rings. The summed E-state index contributed by atoms with van der Waals surface area (Å²) in [6, 6.07) is 15.1. The number of nitrogen functional groups attached to an aromatic ring is 1. The first-order valence-corrected chi connectivity index (χ1v) is 21.7. The second-order valence-electron chi connectivity index (χ2n) is 17.1. The van der Waals surface area contributed by atoms with Crippen molar-refractivity contribution in [2.24, 2.45) is 0 Å². The van der Waals surface area contributed by atoms with Crippen LogP contribution in [0.4, 0.5) is 11.8 Å². The number of morpholine rings is 1. The third-order valence-electron chi connectivity index (χ3n) is 12.6. The van der Waals surface area contributed by atoms with Crippen LogP contribution >= 0.6 is 0 Å². The van der Waals surface area contributed by atoms with Crippen LogP contribution in [0.25, 0.3) is 11.4 Å². The minimum Gasteiger partial charge on any atom is -0.508 e. The number of nitrogens with two attached hydrogens (primary N) is 1. The fourth-order valence-electron chi connectivity index (χ4n) is 9.09. The Morgan fingerprint density at radius 3 is 2.25 bits per heavy atom. The number of piperazine rings is 1. The summed E-state index contributed by atoms with van der Waals surface area (Å²) in [6.07, 6.45) is 3.88. The van der Waals surface area contributed by atoms with Gasteiger partial charge in [0.1, 0.15) is 23.1 Å². The number of benzene rings is 3. The molecular weight excluding hydrogens is 801 g/mol. The van der Waals surface area contributed by atoms with Gasteiger partial charge in [0.25, 0.3) is 11.8 Å². The molecule has 0 spiro atoms. The number of hydrogen-bond donors (Lipinski definition) is 3. The molecule has 63 heavy (non-hydrogen) atoms. The van der Waals surface area contributed by atoms with Crippen molar-refractivity contribution in [1.82, 2.24) is 39.5 Å². The van der Waals surface area contributed by atoms with Crippen molar-refractivity contribution in [2.45, 2.75) is 58.9 Å². The lowest BCUT2D eigenvalue weighted by molar-refractivity contribution is 0.0728. The molecule has 4 aliphatic rings. The Bertz CT molecular complexity index is 2520. The number of carbonyl (C=O) groups is 2. The van der Waals surface area contributed by atoms with Gasteiger partial charge in [-0.15, -0.1) is 0 Å². The first-order chi connectivity index (χ1) is 30.5. The lowest BCUT2D eigenvalue weighted by Gasteiger charge is -2.35. The van der Waals surface area contributed by atoms with E-state index in [1.807, 2.05) is 36.9 Å². The van der Waals surface area contributed by atoms with Crippen molar-refractivity contribution in [1.29, 1.82) is 0 Å². The van der Waals surface area contributed by atoms with E-state index in [1.165, 1.54) is 11.6 Å². The summed E-state index contributed by atoms with van der Waals surface area (Å²) in [5.41, 5.74) is 14.2. The van der Waals surface area contributed by atoms with Crippen LogP contribution in [0.5, 0.6) is 17.2 Å². The third-order valence-corrected chi connectivity index (χ3v) is 12.6. The molecular formula is C47H54N10O6. The van der Waals surface area contributed by atoms with Gasteiger partial charge in [0, 0.05) is 107 Å². The van der Waals surface area contributed by atoms with Gasteiger partial charge in [-0.05, 0) is 52.8 Å². The fraction of sp³-hybridized carbons (Fsp3) is 0.404. The van der Waals surface area contributed by atoms with E-state index < -0.39 is 0 Å². The van der Waals surface area contributed by atoms with Crippen molar-refractivity contribution >= 4 is 23.6 Å². The molecule has 9 rings (SSSR count). The average Bonchev–Trinajstić information content (AvgIpc) is 3.73. The molecule has 328 valence electrons. The van der Waals surface area contributed by atoms with E-state index in [0.29, 0.717) is 80.6 Å². The number of methoxy groups -OCH3 is 1. The number of rotatable bonds is 10. The molecule has 0 atom stereocenters. The normalized spacial score (nSPS) is 16.9. The molecule has 16 nitrogen and oxygen atoms in total. The van der Waals surface area contributed by atoms with Crippen LogP contribution in [0.1, 0.15) is 79.6 Å². The van der Waals surface area contributed by atoms with E-state index in [4.69, 9.17) is 25.2 Å². The molecule has 2 amide bonds. The largest absolute Gasteiger partial charge is 0.508 e. The summed E-state index contributed by atoms with van der Waals surface area (Å²) in [5, 5.41) is 20.8. The van der Waals surface area contributed by atoms with Crippen molar-refractivity contribution in [3.05, 3.63) is 111 Å². The van der Waals surface area contributed by atoms with E-state index >= 15 is 0 Å². The van der Waals surface area contributed by atoms with Gasteiger partial charge >= 0.3 is 0 Å². The average molecular weight is 855 g/mol. The zero-order valence-corrected chi connectivity index (χ0v) is 36.1. The number of ether oxygens (including phenoxy) is 2. The Hall–Kier alpha value is -6.36. The molecule has 2 aromatic heterocycles. The van der Waals surface area contributed by atoms with Crippen LogP contribution < -0.4 is 15.4 Å². The number of carbonyl (C=O) groups excluding carboxylic acids is 2. The Balaban J connectivity index is 0.809. The van der Waals surface area contributed by atoms with Crippen LogP contribution in [-0.4, -0.2) is 128 Å². The maximum absolute atomic E-state index is 14.1. The van der Waals surface area contributed by atoms with Crippen LogP contribution in [0.3, 0.4) is 0 Å². The van der Waals surface area contributed by atoms with Gasteiger partial charge in [0.15, 0.2) is 5.82 Å². The Kier molecular flexibility index (Phi) is 11.8. The third kappa shape index (κ3) is 8.83. The number of hydrogen-bond acceptors (Lipinski definition) is 14. The number of nitrogens with zero attached hydrogens (tertiary/aromatic N) is 9. The standard InChI is InChI=1S/C47H54N10O6/c1-29(2)37-20-38(41(59)21-40(37)58)46(61)57-26-32-5-4-30(18-34(32)27-57)24-53-10-12-54(13-11-53)25-33-7-6-31(19-42(33)62-3)45(60)56-9-8-36-39(28-56)51-43(35-22-49-47(48)50-23-35)52-44(36)55-14-16-63-17-15-55/h4-7,18-23,29,58-59H,8-17,24-28H2,1-3H3,(H2,48,49,50). The molecule has 0 saturated carbocycles. The molecule has 0 bridgehead atoms. The van der Waals surface area contributed by atoms with Crippen molar-refractivity contribution < 1.29 is 29.3 Å². The minimum atomic E-state index is -0.246. The molecule has 2 fully saturated rings. The highest BCUT2D eigenvalue weighted by atomic mass is 16.5. The van der Waals surface area contributed by atoms with E-state index in [1.54, 1.807) is 30.5 Å². The van der Waals surface area contributed by atoms with E-state index in [0.717, 1.165) is 79.6 Å². The van der Waals surface area contributed by atoms with Gasteiger partial charge in [-0.25, -0.2) is 19.9 Å². The van der Waals surface area contributed by atoms with Gasteiger partial charge in [-0.3, -0.25) is 19.4 Å². The predicted molar refractivity (Wildman–Crippen MR) is 236 cm³/mol. The molecule has 0 radical (unpaired) electrons. The Morgan fingerprint density at radius 1 is 0.794 bits per heavy atom. The number of aromatic nitrogens is 4. The topological polar surface area (TPSA) is 187 Å². The van der Waals surface area contributed by atoms with Crippen molar-refractivity contribution in [3.63, 3.8) is 0 Å². The van der Waals surface area contributed by atoms with E-state index in [2.05, 4.69) is 42.9 Å². The van der Waals surface area contributed by atoms with Crippen molar-refractivity contribution in [2.75, 3.05) is 76.8 Å². The van der Waals surface area contributed by atoms with Gasteiger partial charge in [0.05, 0.1) is 43.7 Å². The summed E-state index contributed by atoms with van der Waals surface area (Å²) in [6.45, 7) is 13.5. The summed E-state index contributed by atoms with van der Waals surface area (Å²) in [4.78, 5) is 56.5. The van der Waals surface area contributed by atoms with Crippen LogP contribution in [0.15, 0.2) is 60.9 Å². The van der Waals surface area contributed by atoms with Gasteiger partial charge in [-0.2, -0.15) is 0 Å². The zero-order chi connectivity index (χ0) is 43.8. The van der Waals surface area contributed by atoms with E-state index in [9.17, 15) is 19.8 Å². The lowest BCUT2D eigenvalue weighted by atomic mass is 9.98. The molecule has 0 unspecified atom stereocenters. The summed E-state index contributed by atoms with van der Waals surface area (Å²) < 4.78 is 11.5. The molecule has 2 saturated heterocycles. The maximum Gasteiger partial charge on any atom is 0.258 e. The molecule has 4 aliphatic heterocycles. The van der Waals surface area contributed by atoms with Crippen molar-refractivity contribution in [3.8, 4) is 28.6 Å². The monoisotopic (exact) mass is 854 g/mol. The highest BCUT2D eigenvalue weighted by molar-refractivity contribution is 5.98. The first kappa shape index (κ1) is 42.0. The highest BCUT2D eigenvalue weighted by Gasteiger charge is 2.31. The van der Waals surface area contributed by atoms with Crippen LogP contribution in [0.2, 0.25) is 0 Å². The molecule has 16 heteroatoms. The zero-order valence-electron chi connectivity index (χ0n) is 36.1. The fourth-order valence-corrected chi connectivity index (χ4v) is 9.09. The number of phenols is 2. The number of fused-ring (bicyclic) bond motifs is 2. The number of amides is 2. The molecule has 4 N–H and O–H groups in total. The van der Waals surface area contributed by atoms with Crippen LogP contribution in [-0.2, 0) is 43.9 Å². The van der Waals surface area contributed by atoms with Gasteiger partial charge < -0.3 is 40.1 Å². The Labute approximate surface area is 366 Å². The second-order valence-corrected chi connectivity index (χ2v) is 17.1. The number of aromatic hydroxyl groups is 2. The maximum atomic E-state index is 14.1. The molecule has 3 aromatic carbocycles. The predicted octanol–water partition coefficient (Wildman–Crippen LogP) is 4.57. The SMILES string of the molecule is COc1cc(C(=O)N2CCc3c(nc(-c4cnc(N)nc4)nc3N3CCOCC3)C2)ccc1CN1CCN(Cc2ccc3c(c2)CN(C(=O)c2cc(C(C)C)c(O)cc2O)C3)CC1. The first-order valence-electron chi connectivity index (χ1n) is 21.7.